The lowest BCUT2D eigenvalue weighted by Gasteiger charge is -2.39. The first kappa shape index (κ1) is 38.8. The van der Waals surface area contributed by atoms with Gasteiger partial charge in [0.2, 0.25) is 0 Å². The van der Waals surface area contributed by atoms with Crippen LogP contribution < -0.4 is 10.6 Å². The fourth-order valence-corrected chi connectivity index (χ4v) is 7.20. The molecule has 2 amide bonds. The van der Waals surface area contributed by atoms with Gasteiger partial charge in [-0.3, -0.25) is 14.9 Å². The maximum absolute atomic E-state index is 15.1. The number of aryl methyl sites for hydroxylation is 1. The van der Waals surface area contributed by atoms with Gasteiger partial charge in [0.05, 0.1) is 40.2 Å². The van der Waals surface area contributed by atoms with Crippen molar-refractivity contribution in [1.29, 1.82) is 0 Å². The van der Waals surface area contributed by atoms with E-state index in [1.54, 1.807) is 35.7 Å². The number of ether oxygens (including phenoxy) is 1. The van der Waals surface area contributed by atoms with Gasteiger partial charge in [-0.2, -0.15) is 0 Å². The van der Waals surface area contributed by atoms with Crippen LogP contribution in [0.1, 0.15) is 84.4 Å². The van der Waals surface area contributed by atoms with Crippen LogP contribution in [-0.4, -0.2) is 53.4 Å². The highest BCUT2D eigenvalue weighted by Crippen LogP contribution is 2.34. The lowest BCUT2D eigenvalue weighted by molar-refractivity contribution is -0.0154. The van der Waals surface area contributed by atoms with Crippen molar-refractivity contribution in [2.75, 3.05) is 31.7 Å². The normalized spacial score (nSPS) is 13.2. The molecule has 1 aliphatic heterocycles. The summed E-state index contributed by atoms with van der Waals surface area (Å²) in [6, 6.07) is 23.0. The number of nitrogens with one attached hydrogen (secondary N) is 2. The molecule has 3 aromatic heterocycles. The Morgan fingerprint density at radius 1 is 0.923 bits per heavy atom. The molecule has 4 heterocycles. The second-order valence-electron chi connectivity index (χ2n) is 13.0. The van der Waals surface area contributed by atoms with Gasteiger partial charge >= 0.3 is 6.03 Å². The molecule has 0 radical (unpaired) electrons. The molecule has 1 fully saturated rings. The van der Waals surface area contributed by atoms with Gasteiger partial charge in [0.25, 0.3) is 0 Å². The number of urea groups is 1. The van der Waals surface area contributed by atoms with E-state index < -0.39 is 5.82 Å². The van der Waals surface area contributed by atoms with Crippen molar-refractivity contribution in [2.45, 2.75) is 78.2 Å². The molecule has 278 valence electrons. The SMILES string of the molecule is CC.CCCCCCCCc1ccc(-c2cc3nccc(/C=C\c4ccc(NC(=O)NC5CN(COCCc6ccccc6)C5)cc4F)c3s2)nc1.[HH].[HH]. The number of thiophene rings is 1. The highest BCUT2D eigenvalue weighted by Gasteiger charge is 2.27. The minimum Gasteiger partial charge on any atom is -0.366 e. The Morgan fingerprint density at radius 3 is 2.48 bits per heavy atom. The third-order valence-corrected chi connectivity index (χ3v) is 10.2. The number of hydrogen-bond acceptors (Lipinski definition) is 6. The van der Waals surface area contributed by atoms with Crippen molar-refractivity contribution in [1.82, 2.24) is 20.2 Å². The summed E-state index contributed by atoms with van der Waals surface area (Å²) >= 11 is 1.64. The highest BCUT2D eigenvalue weighted by molar-refractivity contribution is 7.22. The molecule has 9 heteroatoms. The highest BCUT2D eigenvalue weighted by atomic mass is 32.1. The van der Waals surface area contributed by atoms with Gasteiger partial charge in [-0.15, -0.1) is 11.3 Å². The first-order chi connectivity index (χ1) is 25.5. The number of aromatic nitrogens is 2. The van der Waals surface area contributed by atoms with E-state index in [1.165, 1.54) is 55.7 Å². The molecule has 0 bridgehead atoms. The van der Waals surface area contributed by atoms with Gasteiger partial charge in [-0.05, 0) is 72.4 Å². The molecular weight excluding hydrogens is 670 g/mol. The van der Waals surface area contributed by atoms with Crippen molar-refractivity contribution in [3.8, 4) is 10.6 Å². The van der Waals surface area contributed by atoms with Crippen molar-refractivity contribution in [3.05, 3.63) is 113 Å². The van der Waals surface area contributed by atoms with Crippen LogP contribution in [0.4, 0.5) is 14.9 Å². The van der Waals surface area contributed by atoms with Crippen LogP contribution >= 0.6 is 11.3 Å². The number of rotatable bonds is 17. The topological polar surface area (TPSA) is 79.4 Å². The third kappa shape index (κ3) is 11.5. The zero-order valence-corrected chi connectivity index (χ0v) is 31.6. The van der Waals surface area contributed by atoms with E-state index in [4.69, 9.17) is 9.72 Å². The fraction of sp³-hybridized carbons (Fsp3) is 0.372. The van der Waals surface area contributed by atoms with Crippen LogP contribution in [0.25, 0.3) is 32.9 Å². The van der Waals surface area contributed by atoms with Crippen molar-refractivity contribution in [2.24, 2.45) is 0 Å². The molecule has 0 aliphatic carbocycles. The Kier molecular flexibility index (Phi) is 15.3. The Hall–Kier alpha value is -4.44. The summed E-state index contributed by atoms with van der Waals surface area (Å²) in [5, 5.41) is 5.70. The number of likely N-dealkylation sites (tertiary alicyclic amines) is 1. The summed E-state index contributed by atoms with van der Waals surface area (Å²) in [5.74, 6) is -0.413. The van der Waals surface area contributed by atoms with Crippen LogP contribution in [0.2, 0.25) is 0 Å². The van der Waals surface area contributed by atoms with Crippen LogP contribution in [-0.2, 0) is 17.6 Å². The molecule has 0 spiro atoms. The van der Waals surface area contributed by atoms with Gasteiger partial charge in [0.15, 0.2) is 0 Å². The van der Waals surface area contributed by atoms with Crippen molar-refractivity contribution < 1.29 is 16.8 Å². The molecule has 5 aromatic rings. The number of carbonyl (C=O) groups is 1. The summed E-state index contributed by atoms with van der Waals surface area (Å²) in [4.78, 5) is 25.1. The molecule has 7 nitrogen and oxygen atoms in total. The minimum absolute atomic E-state index is 0. The number of nitrogens with zero attached hydrogens (tertiary/aromatic N) is 3. The van der Waals surface area contributed by atoms with Gasteiger partial charge in [-0.1, -0.05) is 101 Å². The summed E-state index contributed by atoms with van der Waals surface area (Å²) in [7, 11) is 0. The molecule has 2 N–H and O–H groups in total. The lowest BCUT2D eigenvalue weighted by atomic mass is 10.1. The average Bonchev–Trinajstić information content (AvgIpc) is 3.60. The zero-order valence-electron chi connectivity index (χ0n) is 30.7. The molecule has 1 aliphatic rings. The van der Waals surface area contributed by atoms with Crippen LogP contribution in [0.5, 0.6) is 0 Å². The molecule has 52 heavy (non-hydrogen) atoms. The number of amides is 2. The van der Waals surface area contributed by atoms with Crippen molar-refractivity contribution >= 4 is 45.4 Å². The van der Waals surface area contributed by atoms with Gasteiger partial charge in [0, 0.05) is 39.6 Å². The van der Waals surface area contributed by atoms with Crippen molar-refractivity contribution in [3.63, 3.8) is 0 Å². The van der Waals surface area contributed by atoms with E-state index in [2.05, 4.69) is 57.8 Å². The molecule has 0 unspecified atom stereocenters. The Morgan fingerprint density at radius 2 is 1.71 bits per heavy atom. The number of halogens is 1. The van der Waals surface area contributed by atoms with E-state index >= 15 is 4.39 Å². The second-order valence-corrected chi connectivity index (χ2v) is 14.0. The number of pyridine rings is 2. The first-order valence-electron chi connectivity index (χ1n) is 18.8. The number of unbranched alkanes of at least 4 members (excludes halogenated alkanes) is 5. The van der Waals surface area contributed by atoms with E-state index in [-0.39, 0.29) is 14.9 Å². The number of carbonyl (C=O) groups excluding carboxylic acids is 1. The summed E-state index contributed by atoms with van der Waals surface area (Å²) in [6.45, 7) is 8.87. The summed E-state index contributed by atoms with van der Waals surface area (Å²) < 4.78 is 21.9. The lowest BCUT2D eigenvalue weighted by Crippen LogP contribution is -2.60. The molecule has 0 saturated carbocycles. The van der Waals surface area contributed by atoms with E-state index in [9.17, 15) is 4.79 Å². The zero-order chi connectivity index (χ0) is 36.5. The first-order valence-corrected chi connectivity index (χ1v) is 19.6. The predicted molar refractivity (Wildman–Crippen MR) is 219 cm³/mol. The Balaban J connectivity index is 0.00000193. The number of benzene rings is 2. The molecule has 0 atom stereocenters. The van der Waals surface area contributed by atoms with E-state index in [1.807, 2.05) is 50.4 Å². The van der Waals surface area contributed by atoms with Gasteiger partial charge in [0.1, 0.15) is 5.82 Å². The smallest absolute Gasteiger partial charge is 0.319 e. The van der Waals surface area contributed by atoms with Gasteiger partial charge in [-0.25, -0.2) is 9.18 Å². The van der Waals surface area contributed by atoms with Gasteiger partial charge < -0.3 is 15.4 Å². The fourth-order valence-electron chi connectivity index (χ4n) is 6.11. The minimum atomic E-state index is -0.413. The summed E-state index contributed by atoms with van der Waals surface area (Å²) in [6.07, 6.45) is 17.1. The second kappa shape index (κ2) is 20.6. The number of hydrogen-bond donors (Lipinski definition) is 2. The standard InChI is InChI=1S/C41H46FN5O2S.C2H6.2H2/c1-2-3-4-5-6-8-13-31-14-19-37(44-26-31)39-25-38-40(50-39)33(20-22-43-38)16-15-32-17-18-34(24-36(32)42)45-41(48)46-35-27-47(28-35)29-49-23-21-30-11-9-7-10-12-30;1-2;;/h7,9-12,14-20,22,24-26,35H,2-6,8,13,21,23,27-29H2,1H3,(H2,45,46,48);1-2H3;2*1H/b16-15-;;;. The molecular formula is C43H56FN5O2S. The number of anilines is 1. The maximum atomic E-state index is 15.1. The Labute approximate surface area is 315 Å². The quantitative estimate of drug-likeness (QED) is 0.0933. The largest absolute Gasteiger partial charge is 0.366 e. The Bertz CT molecular complexity index is 1870. The molecule has 6 rings (SSSR count). The predicted octanol–water partition coefficient (Wildman–Crippen LogP) is 11.1. The monoisotopic (exact) mass is 725 g/mol. The molecule has 2 aromatic carbocycles. The van der Waals surface area contributed by atoms with E-state index in [0.717, 1.165) is 39.2 Å². The third-order valence-electron chi connectivity index (χ3n) is 8.98. The maximum Gasteiger partial charge on any atom is 0.319 e. The van der Waals surface area contributed by atoms with Crippen LogP contribution in [0, 0.1) is 5.82 Å². The van der Waals surface area contributed by atoms with E-state index in [0.29, 0.717) is 37.7 Å². The van der Waals surface area contributed by atoms with Crippen LogP contribution in [0.3, 0.4) is 0 Å². The van der Waals surface area contributed by atoms with Crippen LogP contribution in [0.15, 0.2) is 85.2 Å². The summed E-state index contributed by atoms with van der Waals surface area (Å²) in [5.41, 5.74) is 6.15. The molecule has 1 saturated heterocycles. The average molecular weight is 726 g/mol. The number of fused-ring (bicyclic) bond motifs is 1.